The van der Waals surface area contributed by atoms with Crippen molar-refractivity contribution in [3.8, 4) is 33.6 Å². The van der Waals surface area contributed by atoms with E-state index in [2.05, 4.69) is 237 Å². The van der Waals surface area contributed by atoms with E-state index in [-0.39, 0.29) is 5.41 Å². The zero-order valence-corrected chi connectivity index (χ0v) is 31.0. The average molecular weight is 698 g/mol. The van der Waals surface area contributed by atoms with Crippen molar-refractivity contribution in [2.24, 2.45) is 0 Å². The fourth-order valence-electron chi connectivity index (χ4n) is 7.04. The molecule has 0 N–H and O–H groups in total. The Bertz CT molecular complexity index is 2340. The van der Waals surface area contributed by atoms with Crippen LogP contribution in [0.3, 0.4) is 0 Å². The maximum atomic E-state index is 5.27. The summed E-state index contributed by atoms with van der Waals surface area (Å²) >= 11 is 0. The Balaban J connectivity index is 1.50. The highest BCUT2D eigenvalue weighted by Gasteiger charge is 2.28. The van der Waals surface area contributed by atoms with Crippen LogP contribution in [-0.4, -0.2) is 4.98 Å². The lowest BCUT2D eigenvalue weighted by Gasteiger charge is -2.35. The zero-order chi connectivity index (χ0) is 36.9. The maximum Gasteiger partial charge on any atom is 0.0730 e. The minimum atomic E-state index is -0.164. The molecule has 0 saturated heterocycles. The van der Waals surface area contributed by atoms with Crippen molar-refractivity contribution in [2.45, 2.75) is 26.2 Å². The molecule has 1 aromatic heterocycles. The van der Waals surface area contributed by atoms with Crippen molar-refractivity contribution in [1.82, 2.24) is 4.98 Å². The van der Waals surface area contributed by atoms with Crippen LogP contribution in [0.15, 0.2) is 206 Å². The van der Waals surface area contributed by atoms with E-state index < -0.39 is 0 Å². The third-order valence-corrected chi connectivity index (χ3v) is 9.76. The first-order chi connectivity index (χ1) is 26.4. The molecule has 262 valence electrons. The molecule has 54 heavy (non-hydrogen) atoms. The molecule has 0 spiro atoms. The third-order valence-electron chi connectivity index (χ3n) is 9.76. The molecule has 0 unspecified atom stereocenters. The Morgan fingerprint density at radius 1 is 0.352 bits per heavy atom. The summed E-state index contributed by atoms with van der Waals surface area (Å²) in [6.45, 7) is 6.90. The molecular formula is C51H43N3. The molecule has 1 heterocycles. The van der Waals surface area contributed by atoms with Crippen molar-refractivity contribution < 1.29 is 0 Å². The largest absolute Gasteiger partial charge is 0.310 e. The number of pyridine rings is 1. The second-order valence-electron chi connectivity index (χ2n) is 14.5. The summed E-state index contributed by atoms with van der Waals surface area (Å²) < 4.78 is 0. The highest BCUT2D eigenvalue weighted by atomic mass is 15.2. The fraction of sp³-hybridized carbons (Fsp3) is 0.0784. The molecule has 0 fully saturated rings. The number of aromatic nitrogens is 1. The summed E-state index contributed by atoms with van der Waals surface area (Å²) in [4.78, 5) is 10.1. The minimum Gasteiger partial charge on any atom is -0.310 e. The van der Waals surface area contributed by atoms with Gasteiger partial charge in [-0.2, -0.15) is 0 Å². The number of hydrogen-bond acceptors (Lipinski definition) is 3. The Morgan fingerprint density at radius 3 is 1.02 bits per heavy atom. The molecule has 0 aliphatic carbocycles. The molecule has 0 aliphatic rings. The van der Waals surface area contributed by atoms with Crippen LogP contribution >= 0.6 is 0 Å². The average Bonchev–Trinajstić information content (AvgIpc) is 3.23. The predicted octanol–water partition coefficient (Wildman–Crippen LogP) is 14.3. The van der Waals surface area contributed by atoms with Gasteiger partial charge in [-0.15, -0.1) is 0 Å². The third kappa shape index (κ3) is 7.17. The summed E-state index contributed by atoms with van der Waals surface area (Å²) in [5, 5.41) is 0. The van der Waals surface area contributed by atoms with Gasteiger partial charge >= 0.3 is 0 Å². The lowest BCUT2D eigenvalue weighted by molar-refractivity contribution is 0.590. The Hall–Kier alpha value is -6.71. The number of para-hydroxylation sites is 3. The predicted molar refractivity (Wildman–Crippen MR) is 229 cm³/mol. The number of benzene rings is 7. The van der Waals surface area contributed by atoms with Gasteiger partial charge in [-0.05, 0) is 77.2 Å². The smallest absolute Gasteiger partial charge is 0.0730 e. The van der Waals surface area contributed by atoms with E-state index in [4.69, 9.17) is 4.98 Å². The molecule has 7 aromatic carbocycles. The van der Waals surface area contributed by atoms with E-state index in [1.807, 2.05) is 0 Å². The van der Waals surface area contributed by atoms with Crippen molar-refractivity contribution >= 4 is 34.1 Å². The Morgan fingerprint density at radius 2 is 0.667 bits per heavy atom. The highest BCUT2D eigenvalue weighted by Crippen LogP contribution is 2.51. The first kappa shape index (κ1) is 34.4. The van der Waals surface area contributed by atoms with Gasteiger partial charge in [-0.25, -0.2) is 4.98 Å². The molecule has 0 radical (unpaired) electrons. The first-order valence-electron chi connectivity index (χ1n) is 18.6. The van der Waals surface area contributed by atoms with E-state index in [1.165, 1.54) is 5.56 Å². The van der Waals surface area contributed by atoms with E-state index in [0.717, 1.165) is 67.8 Å². The maximum absolute atomic E-state index is 5.27. The highest BCUT2D eigenvalue weighted by molar-refractivity contribution is 5.99. The van der Waals surface area contributed by atoms with E-state index >= 15 is 0 Å². The van der Waals surface area contributed by atoms with Crippen molar-refractivity contribution in [3.05, 3.63) is 212 Å². The van der Waals surface area contributed by atoms with Gasteiger partial charge in [0.25, 0.3) is 0 Å². The summed E-state index contributed by atoms with van der Waals surface area (Å²) in [6.07, 6.45) is 0. The van der Waals surface area contributed by atoms with Gasteiger partial charge < -0.3 is 9.80 Å². The van der Waals surface area contributed by atoms with Crippen molar-refractivity contribution in [2.75, 3.05) is 9.80 Å². The van der Waals surface area contributed by atoms with Gasteiger partial charge in [-0.3, -0.25) is 0 Å². The second-order valence-corrected chi connectivity index (χ2v) is 14.5. The van der Waals surface area contributed by atoms with Crippen LogP contribution in [0.4, 0.5) is 34.1 Å². The van der Waals surface area contributed by atoms with Gasteiger partial charge in [0, 0.05) is 33.8 Å². The molecule has 0 bridgehead atoms. The zero-order valence-electron chi connectivity index (χ0n) is 31.0. The van der Waals surface area contributed by atoms with Gasteiger partial charge in [0.2, 0.25) is 0 Å². The van der Waals surface area contributed by atoms with Crippen molar-refractivity contribution in [3.63, 3.8) is 0 Å². The molecule has 0 atom stereocenters. The van der Waals surface area contributed by atoms with Crippen LogP contribution < -0.4 is 9.80 Å². The molecule has 3 nitrogen and oxygen atoms in total. The van der Waals surface area contributed by atoms with E-state index in [9.17, 15) is 0 Å². The van der Waals surface area contributed by atoms with Crippen LogP contribution in [0.25, 0.3) is 33.6 Å². The molecule has 0 saturated carbocycles. The number of nitrogens with zero attached hydrogens (tertiary/aromatic N) is 3. The number of rotatable bonds is 9. The Kier molecular flexibility index (Phi) is 9.62. The Labute approximate surface area is 319 Å². The summed E-state index contributed by atoms with van der Waals surface area (Å²) in [5.74, 6) is 0. The molecule has 8 aromatic rings. The standard InChI is InChI=1S/C51H43N3/c1-51(2,3)41-34-48(53(42-28-16-7-17-29-42)43-30-18-8-19-31-43)50(40-26-14-6-15-27-40)49(35-41)54(44-32-20-9-21-33-44)45-36-46(38-22-10-4-11-23-38)52-47(37-45)39-24-12-5-13-25-39/h4-37H,1-3H3. The summed E-state index contributed by atoms with van der Waals surface area (Å²) in [6, 6.07) is 73.2. The molecule has 0 amide bonds. The summed E-state index contributed by atoms with van der Waals surface area (Å²) in [7, 11) is 0. The van der Waals surface area contributed by atoms with Gasteiger partial charge in [0.15, 0.2) is 0 Å². The van der Waals surface area contributed by atoms with Gasteiger partial charge in [0.05, 0.1) is 28.5 Å². The molecule has 3 heteroatoms. The van der Waals surface area contributed by atoms with E-state index in [1.54, 1.807) is 0 Å². The molecular weight excluding hydrogens is 655 g/mol. The van der Waals surface area contributed by atoms with Crippen LogP contribution in [0.5, 0.6) is 0 Å². The van der Waals surface area contributed by atoms with Crippen LogP contribution in [0.1, 0.15) is 26.3 Å². The quantitative estimate of drug-likeness (QED) is 0.150. The topological polar surface area (TPSA) is 19.4 Å². The van der Waals surface area contributed by atoms with Crippen LogP contribution in [-0.2, 0) is 5.41 Å². The number of anilines is 6. The first-order valence-corrected chi connectivity index (χ1v) is 18.6. The number of hydrogen-bond donors (Lipinski definition) is 0. The fourth-order valence-corrected chi connectivity index (χ4v) is 7.04. The minimum absolute atomic E-state index is 0.164. The normalized spacial score (nSPS) is 11.2. The van der Waals surface area contributed by atoms with Crippen LogP contribution in [0, 0.1) is 0 Å². The SMILES string of the molecule is CC(C)(C)c1cc(N(c2ccccc2)c2ccccc2)c(-c2ccccc2)c(N(c2ccccc2)c2cc(-c3ccccc3)nc(-c3ccccc3)c2)c1. The molecule has 0 aliphatic heterocycles. The van der Waals surface area contributed by atoms with Gasteiger partial charge in [0.1, 0.15) is 0 Å². The molecule has 8 rings (SSSR count). The monoisotopic (exact) mass is 697 g/mol. The van der Waals surface area contributed by atoms with Crippen molar-refractivity contribution in [1.29, 1.82) is 0 Å². The second kappa shape index (κ2) is 15.1. The van der Waals surface area contributed by atoms with Crippen LogP contribution in [0.2, 0.25) is 0 Å². The summed E-state index contributed by atoms with van der Waals surface area (Å²) in [5.41, 5.74) is 13.7. The lowest BCUT2D eigenvalue weighted by Crippen LogP contribution is -2.19. The van der Waals surface area contributed by atoms with Gasteiger partial charge in [-0.1, -0.05) is 166 Å². The van der Waals surface area contributed by atoms with E-state index in [0.29, 0.717) is 0 Å². The lowest BCUT2D eigenvalue weighted by atomic mass is 9.84.